The molecule has 2 aliphatic rings. The van der Waals surface area contributed by atoms with Crippen LogP contribution in [-0.4, -0.2) is 37.6 Å². The lowest BCUT2D eigenvalue weighted by Gasteiger charge is -2.39. The van der Waals surface area contributed by atoms with Gasteiger partial charge >= 0.3 is 0 Å². The number of likely N-dealkylation sites (tertiary alicyclic amines) is 1. The number of nitrogens with zero attached hydrogens (tertiary/aromatic N) is 1. The van der Waals surface area contributed by atoms with Crippen LogP contribution in [0.2, 0.25) is 0 Å². The van der Waals surface area contributed by atoms with Crippen LogP contribution in [0, 0.1) is 17.3 Å². The number of hydrogen-bond acceptors (Lipinski definition) is 2. The Balaban J connectivity index is 1.75. The summed E-state index contributed by atoms with van der Waals surface area (Å²) in [6.45, 7) is 11.1. The van der Waals surface area contributed by atoms with E-state index in [1.807, 2.05) is 0 Å². The van der Waals surface area contributed by atoms with Gasteiger partial charge in [-0.2, -0.15) is 0 Å². The molecular formula is C15H30N2. The Bertz CT molecular complexity index is 249. The van der Waals surface area contributed by atoms with Crippen molar-refractivity contribution in [2.24, 2.45) is 17.3 Å². The average Bonchev–Trinajstić information content (AvgIpc) is 2.58. The van der Waals surface area contributed by atoms with Crippen LogP contribution in [-0.2, 0) is 0 Å². The Morgan fingerprint density at radius 2 is 2.06 bits per heavy atom. The van der Waals surface area contributed by atoms with E-state index in [0.29, 0.717) is 5.41 Å². The summed E-state index contributed by atoms with van der Waals surface area (Å²) in [6.07, 6.45) is 5.53. The maximum Gasteiger partial charge on any atom is 0.00748 e. The minimum absolute atomic E-state index is 0.543. The quantitative estimate of drug-likeness (QED) is 0.813. The van der Waals surface area contributed by atoms with Gasteiger partial charge < -0.3 is 10.2 Å². The van der Waals surface area contributed by atoms with Crippen LogP contribution < -0.4 is 5.32 Å². The van der Waals surface area contributed by atoms with Crippen LogP contribution in [0.5, 0.6) is 0 Å². The molecule has 3 atom stereocenters. The maximum atomic E-state index is 3.84. The Hall–Kier alpha value is -0.0800. The first-order valence-corrected chi connectivity index (χ1v) is 7.36. The topological polar surface area (TPSA) is 15.3 Å². The molecule has 0 radical (unpaired) electrons. The predicted octanol–water partition coefficient (Wildman–Crippen LogP) is 2.74. The molecule has 2 heteroatoms. The molecule has 3 unspecified atom stereocenters. The molecule has 1 aliphatic heterocycles. The summed E-state index contributed by atoms with van der Waals surface area (Å²) in [5.41, 5.74) is 0.543. The number of nitrogens with one attached hydrogen (secondary N) is 1. The predicted molar refractivity (Wildman–Crippen MR) is 74.2 cm³/mol. The average molecular weight is 238 g/mol. The van der Waals surface area contributed by atoms with Crippen molar-refractivity contribution in [2.75, 3.05) is 26.7 Å². The number of rotatable bonds is 3. The molecule has 1 N–H and O–H groups in total. The summed E-state index contributed by atoms with van der Waals surface area (Å²) >= 11 is 0. The first-order valence-electron chi connectivity index (χ1n) is 7.36. The van der Waals surface area contributed by atoms with Crippen molar-refractivity contribution in [2.45, 2.75) is 52.5 Å². The zero-order valence-electron chi connectivity index (χ0n) is 12.1. The van der Waals surface area contributed by atoms with Crippen molar-refractivity contribution >= 4 is 0 Å². The zero-order chi connectivity index (χ0) is 12.5. The summed E-state index contributed by atoms with van der Waals surface area (Å²) in [4.78, 5) is 2.46. The summed E-state index contributed by atoms with van der Waals surface area (Å²) in [5.74, 6) is 1.78. The van der Waals surface area contributed by atoms with E-state index in [-0.39, 0.29) is 0 Å². The fourth-order valence-electron chi connectivity index (χ4n) is 4.03. The Morgan fingerprint density at radius 1 is 1.29 bits per heavy atom. The van der Waals surface area contributed by atoms with E-state index in [4.69, 9.17) is 0 Å². The van der Waals surface area contributed by atoms with Crippen LogP contribution in [0.3, 0.4) is 0 Å². The zero-order valence-corrected chi connectivity index (χ0v) is 12.1. The SMILES string of the molecule is CC1CC(NCC2CCN(C)C2)CC(C)(C)C1. The molecule has 1 heterocycles. The Morgan fingerprint density at radius 3 is 2.65 bits per heavy atom. The van der Waals surface area contributed by atoms with Crippen molar-refractivity contribution in [3.05, 3.63) is 0 Å². The van der Waals surface area contributed by atoms with E-state index >= 15 is 0 Å². The third-order valence-corrected chi connectivity index (χ3v) is 4.57. The maximum absolute atomic E-state index is 3.84. The van der Waals surface area contributed by atoms with Gasteiger partial charge in [-0.05, 0) is 63.1 Å². The van der Waals surface area contributed by atoms with Crippen LogP contribution in [0.1, 0.15) is 46.5 Å². The molecule has 2 nitrogen and oxygen atoms in total. The fraction of sp³-hybridized carbons (Fsp3) is 1.00. The van der Waals surface area contributed by atoms with E-state index in [1.165, 1.54) is 45.3 Å². The number of hydrogen-bond donors (Lipinski definition) is 1. The van der Waals surface area contributed by atoms with Gasteiger partial charge in [-0.1, -0.05) is 20.8 Å². The summed E-state index contributed by atoms with van der Waals surface area (Å²) in [7, 11) is 2.24. The summed E-state index contributed by atoms with van der Waals surface area (Å²) in [5, 5.41) is 3.84. The van der Waals surface area contributed by atoms with Crippen LogP contribution in [0.25, 0.3) is 0 Å². The molecule has 100 valence electrons. The molecule has 0 aromatic rings. The normalized spacial score (nSPS) is 38.5. The van der Waals surface area contributed by atoms with Gasteiger partial charge in [0.15, 0.2) is 0 Å². The Labute approximate surface area is 107 Å². The second-order valence-electron chi connectivity index (χ2n) is 7.44. The lowest BCUT2D eigenvalue weighted by atomic mass is 9.70. The van der Waals surface area contributed by atoms with Crippen molar-refractivity contribution in [3.63, 3.8) is 0 Å². The van der Waals surface area contributed by atoms with E-state index in [2.05, 4.69) is 38.0 Å². The lowest BCUT2D eigenvalue weighted by molar-refractivity contribution is 0.149. The molecule has 1 saturated heterocycles. The molecule has 2 fully saturated rings. The van der Waals surface area contributed by atoms with Crippen molar-refractivity contribution in [3.8, 4) is 0 Å². The van der Waals surface area contributed by atoms with Gasteiger partial charge in [0.05, 0.1) is 0 Å². The van der Waals surface area contributed by atoms with Gasteiger partial charge in [-0.15, -0.1) is 0 Å². The molecule has 0 aromatic heterocycles. The van der Waals surface area contributed by atoms with Gasteiger partial charge in [0.2, 0.25) is 0 Å². The standard InChI is InChI=1S/C15H30N2/c1-12-7-14(9-15(2,3)8-12)16-10-13-5-6-17(4)11-13/h12-14,16H,5-11H2,1-4H3. The van der Waals surface area contributed by atoms with Gasteiger partial charge in [0.25, 0.3) is 0 Å². The third kappa shape index (κ3) is 3.96. The van der Waals surface area contributed by atoms with Crippen molar-refractivity contribution in [1.29, 1.82) is 0 Å². The van der Waals surface area contributed by atoms with Gasteiger partial charge in [-0.25, -0.2) is 0 Å². The van der Waals surface area contributed by atoms with E-state index in [0.717, 1.165) is 17.9 Å². The molecule has 1 aliphatic carbocycles. The van der Waals surface area contributed by atoms with E-state index in [9.17, 15) is 0 Å². The molecule has 0 aromatic carbocycles. The lowest BCUT2D eigenvalue weighted by Crippen LogP contribution is -2.42. The highest BCUT2D eigenvalue weighted by molar-refractivity contribution is 4.87. The first-order chi connectivity index (χ1) is 7.94. The van der Waals surface area contributed by atoms with Crippen LogP contribution in [0.15, 0.2) is 0 Å². The van der Waals surface area contributed by atoms with Crippen molar-refractivity contribution < 1.29 is 0 Å². The molecule has 2 rings (SSSR count). The summed E-state index contributed by atoms with van der Waals surface area (Å²) in [6, 6.07) is 0.764. The van der Waals surface area contributed by atoms with Crippen LogP contribution >= 0.6 is 0 Å². The molecule has 0 bridgehead atoms. The highest BCUT2D eigenvalue weighted by atomic mass is 15.1. The summed E-state index contributed by atoms with van der Waals surface area (Å²) < 4.78 is 0. The largest absolute Gasteiger partial charge is 0.314 e. The molecule has 17 heavy (non-hydrogen) atoms. The second-order valence-corrected chi connectivity index (χ2v) is 7.44. The molecule has 1 saturated carbocycles. The fourth-order valence-corrected chi connectivity index (χ4v) is 4.03. The second kappa shape index (κ2) is 5.27. The first kappa shape index (κ1) is 13.4. The van der Waals surface area contributed by atoms with E-state index in [1.54, 1.807) is 0 Å². The molecular weight excluding hydrogens is 208 g/mol. The highest BCUT2D eigenvalue weighted by Crippen LogP contribution is 2.38. The van der Waals surface area contributed by atoms with Gasteiger partial charge in [-0.3, -0.25) is 0 Å². The Kier molecular flexibility index (Phi) is 4.14. The van der Waals surface area contributed by atoms with Crippen molar-refractivity contribution in [1.82, 2.24) is 10.2 Å². The molecule has 0 amide bonds. The minimum Gasteiger partial charge on any atom is -0.314 e. The molecule has 0 spiro atoms. The smallest absolute Gasteiger partial charge is 0.00748 e. The van der Waals surface area contributed by atoms with Crippen LogP contribution in [0.4, 0.5) is 0 Å². The van der Waals surface area contributed by atoms with Gasteiger partial charge in [0.1, 0.15) is 0 Å². The van der Waals surface area contributed by atoms with E-state index < -0.39 is 0 Å². The highest BCUT2D eigenvalue weighted by Gasteiger charge is 2.32. The monoisotopic (exact) mass is 238 g/mol. The van der Waals surface area contributed by atoms with Gasteiger partial charge in [0, 0.05) is 12.6 Å². The third-order valence-electron chi connectivity index (χ3n) is 4.57. The minimum atomic E-state index is 0.543.